The average Bonchev–Trinajstić information content (AvgIpc) is 2.88. The van der Waals surface area contributed by atoms with Crippen molar-refractivity contribution in [3.05, 3.63) is 24.4 Å². The molecule has 0 aliphatic carbocycles. The molecule has 1 aromatic heterocycles. The lowest BCUT2D eigenvalue weighted by atomic mass is 9.99. The van der Waals surface area contributed by atoms with Crippen molar-refractivity contribution in [2.45, 2.75) is 69.2 Å². The van der Waals surface area contributed by atoms with Gasteiger partial charge in [-0.05, 0) is 25.0 Å². The predicted octanol–water partition coefficient (Wildman–Crippen LogP) is 1.79. The minimum atomic E-state index is -1.49. The van der Waals surface area contributed by atoms with Crippen LogP contribution in [0.5, 0.6) is 17.2 Å². The summed E-state index contributed by atoms with van der Waals surface area (Å²) in [6.07, 6.45) is 1.46. The maximum Gasteiger partial charge on any atom is 0.184 e. The first kappa shape index (κ1) is 27.4. The summed E-state index contributed by atoms with van der Waals surface area (Å²) in [5.41, 5.74) is 0.782. The van der Waals surface area contributed by atoms with E-state index in [0.717, 1.165) is 55.2 Å². The Morgan fingerprint density at radius 3 is 2.20 bits per heavy atom. The maximum atomic E-state index is 10.1. The minimum absolute atomic E-state index is 0.343. The van der Waals surface area contributed by atoms with Gasteiger partial charge in [0.25, 0.3) is 0 Å². The standard InChI is InChI=1S/C25H37NO9/c1-31-19-13-16-17(14-20(19)32-2)26-10-9-18(16)33-11-7-5-3-4-6-8-12-34-24-22(28)21(15-27)35-25(30)23(24)29/h9-10,13-14,21-25,27-30H,3-8,11-12,15H2,1-2H3/t21-,22-,23-,24+,25?/m1/s1. The van der Waals surface area contributed by atoms with Gasteiger partial charge in [0.15, 0.2) is 17.8 Å². The van der Waals surface area contributed by atoms with Gasteiger partial charge in [-0.15, -0.1) is 0 Å². The van der Waals surface area contributed by atoms with Gasteiger partial charge in [0.05, 0.1) is 33.0 Å². The lowest BCUT2D eigenvalue weighted by Gasteiger charge is -2.39. The Morgan fingerprint density at radius 1 is 0.857 bits per heavy atom. The molecule has 0 spiro atoms. The molecule has 4 N–H and O–H groups in total. The third-order valence-electron chi connectivity index (χ3n) is 6.15. The second-order valence-electron chi connectivity index (χ2n) is 8.57. The SMILES string of the molecule is COc1cc2nccc(OCCCCCCCCO[C@H]3[C@H](O)[C@@H](CO)OC(O)[C@@H]3O)c2cc1OC. The number of hydrogen-bond acceptors (Lipinski definition) is 10. The molecule has 10 heteroatoms. The molecule has 2 heterocycles. The van der Waals surface area contributed by atoms with Gasteiger partial charge in [0.2, 0.25) is 0 Å². The highest BCUT2D eigenvalue weighted by Gasteiger charge is 2.44. The zero-order chi connectivity index (χ0) is 25.2. The van der Waals surface area contributed by atoms with Crippen molar-refractivity contribution in [2.75, 3.05) is 34.0 Å². The van der Waals surface area contributed by atoms with E-state index in [1.807, 2.05) is 18.2 Å². The van der Waals surface area contributed by atoms with Crippen LogP contribution in [0.25, 0.3) is 10.9 Å². The van der Waals surface area contributed by atoms with Gasteiger partial charge in [0, 0.05) is 24.3 Å². The van der Waals surface area contributed by atoms with E-state index in [4.69, 9.17) is 23.7 Å². The Hall–Kier alpha value is -2.21. The maximum absolute atomic E-state index is 10.1. The van der Waals surface area contributed by atoms with Crippen LogP contribution in [0.4, 0.5) is 0 Å². The lowest BCUT2D eigenvalue weighted by molar-refractivity contribution is -0.294. The molecule has 35 heavy (non-hydrogen) atoms. The molecule has 1 unspecified atom stereocenters. The fraction of sp³-hybridized carbons (Fsp3) is 0.640. The minimum Gasteiger partial charge on any atom is -0.493 e. The molecule has 196 valence electrons. The Kier molecular flexibility index (Phi) is 10.8. The van der Waals surface area contributed by atoms with Crippen LogP contribution in [0.3, 0.4) is 0 Å². The normalized spacial score (nSPS) is 24.5. The number of benzene rings is 1. The van der Waals surface area contributed by atoms with Crippen LogP contribution in [0.15, 0.2) is 24.4 Å². The number of pyridine rings is 1. The molecule has 1 saturated heterocycles. The number of methoxy groups -OCH3 is 2. The fourth-order valence-corrected chi connectivity index (χ4v) is 4.15. The summed E-state index contributed by atoms with van der Waals surface area (Å²) in [6, 6.07) is 5.56. The summed E-state index contributed by atoms with van der Waals surface area (Å²) in [5.74, 6) is 2.02. The monoisotopic (exact) mass is 495 g/mol. The van der Waals surface area contributed by atoms with Gasteiger partial charge in [-0.25, -0.2) is 0 Å². The molecule has 0 bridgehead atoms. The number of nitrogens with zero attached hydrogens (tertiary/aromatic N) is 1. The summed E-state index contributed by atoms with van der Waals surface area (Å²) < 4.78 is 27.3. The largest absolute Gasteiger partial charge is 0.493 e. The van der Waals surface area contributed by atoms with Gasteiger partial charge in [0.1, 0.15) is 30.2 Å². The molecule has 10 nitrogen and oxygen atoms in total. The Labute approximate surface area is 205 Å². The summed E-state index contributed by atoms with van der Waals surface area (Å²) in [4.78, 5) is 4.39. The van der Waals surface area contributed by atoms with Crippen LogP contribution in [0.1, 0.15) is 38.5 Å². The van der Waals surface area contributed by atoms with Gasteiger partial charge in [-0.3, -0.25) is 4.98 Å². The highest BCUT2D eigenvalue weighted by Crippen LogP contribution is 2.35. The number of fused-ring (bicyclic) bond motifs is 1. The number of aromatic nitrogens is 1. The Bertz CT molecular complexity index is 912. The Balaban J connectivity index is 1.31. The van der Waals surface area contributed by atoms with Gasteiger partial charge < -0.3 is 44.1 Å². The lowest BCUT2D eigenvalue weighted by Crippen LogP contribution is -2.59. The van der Waals surface area contributed by atoms with Crippen LogP contribution < -0.4 is 14.2 Å². The topological polar surface area (TPSA) is 140 Å². The second kappa shape index (κ2) is 13.8. The first-order valence-corrected chi connectivity index (χ1v) is 12.1. The van der Waals surface area contributed by atoms with Crippen LogP contribution in [-0.2, 0) is 9.47 Å². The third kappa shape index (κ3) is 7.16. The van der Waals surface area contributed by atoms with E-state index >= 15 is 0 Å². The summed E-state index contributed by atoms with van der Waals surface area (Å²) in [7, 11) is 3.19. The molecule has 1 aliphatic rings. The van der Waals surface area contributed by atoms with E-state index in [1.165, 1.54) is 0 Å². The second-order valence-corrected chi connectivity index (χ2v) is 8.57. The number of aliphatic hydroxyl groups excluding tert-OH is 4. The number of unbranched alkanes of at least 4 members (excludes halogenated alkanes) is 5. The zero-order valence-electron chi connectivity index (χ0n) is 20.3. The van der Waals surface area contributed by atoms with Crippen LogP contribution >= 0.6 is 0 Å². The summed E-state index contributed by atoms with van der Waals surface area (Å²) in [5, 5.41) is 39.9. The van der Waals surface area contributed by atoms with Crippen molar-refractivity contribution in [2.24, 2.45) is 0 Å². The quantitative estimate of drug-likeness (QED) is 0.287. The molecule has 0 amide bonds. The predicted molar refractivity (Wildman–Crippen MR) is 128 cm³/mol. The van der Waals surface area contributed by atoms with Crippen molar-refractivity contribution < 1.29 is 44.1 Å². The molecule has 3 rings (SSSR count). The number of aliphatic hydroxyl groups is 4. The smallest absolute Gasteiger partial charge is 0.184 e. The molecule has 1 aromatic carbocycles. The number of rotatable bonds is 14. The van der Waals surface area contributed by atoms with Crippen LogP contribution in [0, 0.1) is 0 Å². The van der Waals surface area contributed by atoms with Crippen molar-refractivity contribution in [1.82, 2.24) is 4.98 Å². The van der Waals surface area contributed by atoms with Crippen LogP contribution in [0.2, 0.25) is 0 Å². The van der Waals surface area contributed by atoms with E-state index in [0.29, 0.717) is 24.7 Å². The van der Waals surface area contributed by atoms with E-state index in [-0.39, 0.29) is 0 Å². The number of hydrogen-bond donors (Lipinski definition) is 4. The molecule has 1 fully saturated rings. The first-order chi connectivity index (χ1) is 17.0. The fourth-order valence-electron chi connectivity index (χ4n) is 4.15. The van der Waals surface area contributed by atoms with Crippen LogP contribution in [-0.4, -0.2) is 90.2 Å². The van der Waals surface area contributed by atoms with Gasteiger partial charge >= 0.3 is 0 Å². The van der Waals surface area contributed by atoms with Gasteiger partial charge in [-0.2, -0.15) is 0 Å². The van der Waals surface area contributed by atoms with E-state index < -0.39 is 37.3 Å². The molecular formula is C25H37NO9. The van der Waals surface area contributed by atoms with E-state index in [2.05, 4.69) is 4.98 Å². The highest BCUT2D eigenvalue weighted by molar-refractivity contribution is 5.88. The van der Waals surface area contributed by atoms with Crippen molar-refractivity contribution >= 4 is 10.9 Å². The Morgan fingerprint density at radius 2 is 1.51 bits per heavy atom. The summed E-state index contributed by atoms with van der Waals surface area (Å²) >= 11 is 0. The third-order valence-corrected chi connectivity index (χ3v) is 6.15. The molecule has 2 aromatic rings. The molecular weight excluding hydrogens is 458 g/mol. The molecule has 1 aliphatic heterocycles. The number of ether oxygens (including phenoxy) is 5. The molecule has 0 saturated carbocycles. The zero-order valence-corrected chi connectivity index (χ0v) is 20.3. The van der Waals surface area contributed by atoms with E-state index in [1.54, 1.807) is 20.4 Å². The summed E-state index contributed by atoms with van der Waals surface area (Å²) in [6.45, 7) is 0.482. The molecule has 0 radical (unpaired) electrons. The highest BCUT2D eigenvalue weighted by atomic mass is 16.6. The van der Waals surface area contributed by atoms with Gasteiger partial charge in [-0.1, -0.05) is 25.7 Å². The average molecular weight is 496 g/mol. The first-order valence-electron chi connectivity index (χ1n) is 12.1. The van der Waals surface area contributed by atoms with Crippen molar-refractivity contribution in [3.8, 4) is 17.2 Å². The van der Waals surface area contributed by atoms with E-state index in [9.17, 15) is 20.4 Å². The molecule has 5 atom stereocenters. The van der Waals surface area contributed by atoms with Crippen molar-refractivity contribution in [1.29, 1.82) is 0 Å². The van der Waals surface area contributed by atoms with Crippen molar-refractivity contribution in [3.63, 3.8) is 0 Å².